The molecule has 90 valence electrons. The van der Waals surface area contributed by atoms with E-state index in [1.807, 2.05) is 0 Å². The first-order valence-corrected chi connectivity index (χ1v) is 5.30. The van der Waals surface area contributed by atoms with Gasteiger partial charge in [0.25, 0.3) is 0 Å². The van der Waals surface area contributed by atoms with Gasteiger partial charge < -0.3 is 19.8 Å². The number of benzene rings is 1. The van der Waals surface area contributed by atoms with Crippen molar-refractivity contribution in [3.63, 3.8) is 0 Å². The average Bonchev–Trinajstić information content (AvgIpc) is 2.30. The van der Waals surface area contributed by atoms with E-state index < -0.39 is 0 Å². The Morgan fingerprint density at radius 3 is 2.50 bits per heavy atom. The normalized spacial score (nSPS) is 10.6. The molecule has 16 heavy (non-hydrogen) atoms. The van der Waals surface area contributed by atoms with Crippen molar-refractivity contribution in [1.29, 1.82) is 0 Å². The van der Waals surface area contributed by atoms with E-state index >= 15 is 0 Å². The lowest BCUT2D eigenvalue weighted by Crippen LogP contribution is -2.37. The summed E-state index contributed by atoms with van der Waals surface area (Å²) in [6.45, 7) is -0.272. The Bertz CT molecular complexity index is 342. The van der Waals surface area contributed by atoms with Crippen LogP contribution in [0, 0.1) is 0 Å². The van der Waals surface area contributed by atoms with E-state index in [1.165, 1.54) is 0 Å². The number of methoxy groups -OCH3 is 1. The molecule has 4 nitrogen and oxygen atoms in total. The molecule has 0 fully saturated rings. The van der Waals surface area contributed by atoms with Gasteiger partial charge in [0.1, 0.15) is 5.75 Å². The highest BCUT2D eigenvalue weighted by Crippen LogP contribution is 2.31. The maximum atomic E-state index is 9.12. The number of anilines is 1. The van der Waals surface area contributed by atoms with Crippen molar-refractivity contribution in [2.45, 2.75) is 6.04 Å². The quantitative estimate of drug-likeness (QED) is 0.817. The predicted octanol–water partition coefficient (Wildman–Crippen LogP) is 1.14. The van der Waals surface area contributed by atoms with E-state index in [4.69, 9.17) is 26.6 Å². The van der Waals surface area contributed by atoms with Crippen LogP contribution >= 0.6 is 11.6 Å². The Hall–Kier alpha value is -0.970. The van der Waals surface area contributed by atoms with Gasteiger partial charge in [0.05, 0.1) is 32.1 Å². The van der Waals surface area contributed by atoms with Crippen LogP contribution in [0.4, 0.5) is 5.69 Å². The van der Waals surface area contributed by atoms with Crippen LogP contribution in [0.15, 0.2) is 18.2 Å². The Labute approximate surface area is 100 Å². The van der Waals surface area contributed by atoms with Crippen molar-refractivity contribution < 1.29 is 14.9 Å². The fourth-order valence-corrected chi connectivity index (χ4v) is 1.60. The van der Waals surface area contributed by atoms with Crippen LogP contribution in [0.25, 0.3) is 0 Å². The van der Waals surface area contributed by atoms with Crippen molar-refractivity contribution in [2.75, 3.05) is 32.3 Å². The largest absolute Gasteiger partial charge is 0.495 e. The molecule has 0 unspecified atom stereocenters. The number of ether oxygens (including phenoxy) is 1. The van der Waals surface area contributed by atoms with Gasteiger partial charge in [-0.1, -0.05) is 11.6 Å². The molecule has 0 aliphatic rings. The van der Waals surface area contributed by atoms with Crippen LogP contribution < -0.4 is 9.64 Å². The summed E-state index contributed by atoms with van der Waals surface area (Å²) < 4.78 is 5.20. The lowest BCUT2D eigenvalue weighted by molar-refractivity contribution is 0.190. The smallest absolute Gasteiger partial charge is 0.142 e. The number of nitrogens with zero attached hydrogens (tertiary/aromatic N) is 1. The van der Waals surface area contributed by atoms with E-state index in [-0.39, 0.29) is 19.3 Å². The molecule has 1 rings (SSSR count). The number of halogens is 1. The zero-order valence-electron chi connectivity index (χ0n) is 9.35. The summed E-state index contributed by atoms with van der Waals surface area (Å²) in [7, 11) is 3.33. The molecule has 0 saturated carbocycles. The minimum absolute atomic E-state index is 0.136. The third-order valence-corrected chi connectivity index (χ3v) is 2.73. The molecular weight excluding hydrogens is 230 g/mol. The second-order valence-electron chi connectivity index (χ2n) is 3.45. The van der Waals surface area contributed by atoms with Crippen molar-refractivity contribution in [1.82, 2.24) is 0 Å². The molecule has 0 spiro atoms. The second kappa shape index (κ2) is 5.94. The maximum absolute atomic E-state index is 9.12. The summed E-state index contributed by atoms with van der Waals surface area (Å²) in [5, 5.41) is 18.8. The first-order valence-electron chi connectivity index (χ1n) is 4.92. The zero-order chi connectivity index (χ0) is 12.1. The fourth-order valence-electron chi connectivity index (χ4n) is 1.44. The molecular formula is C11H16ClNO3. The highest BCUT2D eigenvalue weighted by Gasteiger charge is 2.17. The standard InChI is InChI=1S/C11H16ClNO3/c1-13(9(6-14)7-15)10-5-8(12)3-4-11(10)16-2/h3-5,9,14-15H,6-7H2,1-2H3. The van der Waals surface area contributed by atoms with Gasteiger partial charge in [-0.05, 0) is 18.2 Å². The number of likely N-dealkylation sites (N-methyl/N-ethyl adjacent to an activating group) is 1. The average molecular weight is 246 g/mol. The molecule has 0 aliphatic carbocycles. The zero-order valence-corrected chi connectivity index (χ0v) is 10.1. The monoisotopic (exact) mass is 245 g/mol. The Morgan fingerprint density at radius 2 is 2.00 bits per heavy atom. The number of aliphatic hydroxyl groups excluding tert-OH is 2. The summed E-state index contributed by atoms with van der Waals surface area (Å²) in [6, 6.07) is 4.84. The molecule has 1 aromatic carbocycles. The van der Waals surface area contributed by atoms with Gasteiger partial charge in [0.2, 0.25) is 0 Å². The van der Waals surface area contributed by atoms with Crippen molar-refractivity contribution >= 4 is 17.3 Å². The number of rotatable bonds is 5. The first kappa shape index (κ1) is 13.1. The summed E-state index contributed by atoms with van der Waals surface area (Å²) in [5.41, 5.74) is 0.739. The van der Waals surface area contributed by atoms with Gasteiger partial charge in [-0.2, -0.15) is 0 Å². The molecule has 0 atom stereocenters. The summed E-state index contributed by atoms with van der Waals surface area (Å²) in [5.74, 6) is 0.652. The third kappa shape index (κ3) is 2.78. The van der Waals surface area contributed by atoms with Gasteiger partial charge >= 0.3 is 0 Å². The van der Waals surface area contributed by atoms with Crippen LogP contribution in [-0.2, 0) is 0 Å². The highest BCUT2D eigenvalue weighted by atomic mass is 35.5. The first-order chi connectivity index (χ1) is 7.63. The minimum Gasteiger partial charge on any atom is -0.495 e. The van der Waals surface area contributed by atoms with Gasteiger partial charge in [0, 0.05) is 12.1 Å². The fraction of sp³-hybridized carbons (Fsp3) is 0.455. The maximum Gasteiger partial charge on any atom is 0.142 e. The predicted molar refractivity (Wildman–Crippen MR) is 64.4 cm³/mol. The van der Waals surface area contributed by atoms with Gasteiger partial charge in [0.15, 0.2) is 0 Å². The van der Waals surface area contributed by atoms with E-state index in [9.17, 15) is 0 Å². The summed E-state index contributed by atoms with van der Waals surface area (Å²) >= 11 is 5.90. The number of aliphatic hydroxyl groups is 2. The van der Waals surface area contributed by atoms with E-state index in [0.29, 0.717) is 10.8 Å². The lowest BCUT2D eigenvalue weighted by Gasteiger charge is -2.28. The van der Waals surface area contributed by atoms with E-state index in [0.717, 1.165) is 5.69 Å². The van der Waals surface area contributed by atoms with Crippen LogP contribution in [0.1, 0.15) is 0 Å². The Balaban J connectivity index is 3.04. The summed E-state index contributed by atoms with van der Waals surface area (Å²) in [4.78, 5) is 1.74. The van der Waals surface area contributed by atoms with Gasteiger partial charge in [-0.25, -0.2) is 0 Å². The SMILES string of the molecule is COc1ccc(Cl)cc1N(C)C(CO)CO. The van der Waals surface area contributed by atoms with Crippen molar-refractivity contribution in [2.24, 2.45) is 0 Å². The number of hydrogen-bond acceptors (Lipinski definition) is 4. The highest BCUT2D eigenvalue weighted by molar-refractivity contribution is 6.30. The second-order valence-corrected chi connectivity index (χ2v) is 3.88. The molecule has 0 bridgehead atoms. The molecule has 0 radical (unpaired) electrons. The molecule has 0 aliphatic heterocycles. The molecule has 0 amide bonds. The molecule has 0 heterocycles. The molecule has 2 N–H and O–H groups in total. The minimum atomic E-state index is -0.368. The van der Waals surface area contributed by atoms with Gasteiger partial charge in [-0.15, -0.1) is 0 Å². The molecule has 0 saturated heterocycles. The molecule has 1 aromatic rings. The van der Waals surface area contributed by atoms with E-state index in [2.05, 4.69) is 0 Å². The van der Waals surface area contributed by atoms with Crippen molar-refractivity contribution in [3.05, 3.63) is 23.2 Å². The topological polar surface area (TPSA) is 52.9 Å². The molecule has 5 heteroatoms. The third-order valence-electron chi connectivity index (χ3n) is 2.49. The van der Waals surface area contributed by atoms with E-state index in [1.54, 1.807) is 37.3 Å². The Morgan fingerprint density at radius 1 is 1.38 bits per heavy atom. The molecule has 0 aromatic heterocycles. The van der Waals surface area contributed by atoms with Crippen LogP contribution in [0.3, 0.4) is 0 Å². The lowest BCUT2D eigenvalue weighted by atomic mass is 10.2. The van der Waals surface area contributed by atoms with Gasteiger partial charge in [-0.3, -0.25) is 0 Å². The summed E-state index contributed by atoms with van der Waals surface area (Å²) in [6.07, 6.45) is 0. The van der Waals surface area contributed by atoms with Crippen LogP contribution in [-0.4, -0.2) is 43.6 Å². The number of hydrogen-bond donors (Lipinski definition) is 2. The van der Waals surface area contributed by atoms with Crippen LogP contribution in [0.2, 0.25) is 5.02 Å². The van der Waals surface area contributed by atoms with Crippen LogP contribution in [0.5, 0.6) is 5.75 Å². The Kier molecular flexibility index (Phi) is 4.86. The van der Waals surface area contributed by atoms with Crippen molar-refractivity contribution in [3.8, 4) is 5.75 Å².